The van der Waals surface area contributed by atoms with E-state index >= 15 is 0 Å². The van der Waals surface area contributed by atoms with Crippen LogP contribution in [0.15, 0.2) is 29.2 Å². The van der Waals surface area contributed by atoms with Crippen LogP contribution in [0.2, 0.25) is 0 Å². The summed E-state index contributed by atoms with van der Waals surface area (Å²) in [6, 6.07) is 3.87. The van der Waals surface area contributed by atoms with Gasteiger partial charge in [-0.2, -0.15) is 8.78 Å². The fourth-order valence-electron chi connectivity index (χ4n) is 3.32. The third-order valence-corrected chi connectivity index (χ3v) is 4.94. The van der Waals surface area contributed by atoms with E-state index in [-0.39, 0.29) is 29.2 Å². The highest BCUT2D eigenvalue weighted by Crippen LogP contribution is 2.27. The summed E-state index contributed by atoms with van der Waals surface area (Å²) in [7, 11) is 0. The third-order valence-electron chi connectivity index (χ3n) is 4.94. The van der Waals surface area contributed by atoms with Crippen LogP contribution in [0.1, 0.15) is 39.9 Å². The summed E-state index contributed by atoms with van der Waals surface area (Å²) in [6.07, 6.45) is -0.569. The molecule has 1 saturated heterocycles. The van der Waals surface area contributed by atoms with Crippen LogP contribution in [-0.4, -0.2) is 61.8 Å². The normalized spacial score (nSPS) is 19.0. The molecule has 180 valence electrons. The molecule has 2 atom stereocenters. The van der Waals surface area contributed by atoms with Crippen molar-refractivity contribution >= 4 is 17.7 Å². The van der Waals surface area contributed by atoms with E-state index in [1.165, 1.54) is 15.6 Å². The summed E-state index contributed by atoms with van der Waals surface area (Å²) in [6.45, 7) is 4.75. The van der Waals surface area contributed by atoms with E-state index in [2.05, 4.69) is 5.10 Å². The molecule has 0 spiro atoms. The standard InChI is InChI=1S/C21H26F2N4O6/c1-12-10-14(24-27(12)13-6-7-15(28)26(11-13)19(22)23)25-8-9-32-16(17(25)29)21(5,31)18(30)33-20(2,3)4/h6-7,10-11,16,19,31H,8-9H2,1-5H3/t16-,21?/m0/s1. The maximum atomic E-state index is 13.1. The van der Waals surface area contributed by atoms with Gasteiger partial charge in [-0.05, 0) is 40.7 Å². The maximum absolute atomic E-state index is 13.1. The molecule has 3 rings (SSSR count). The van der Waals surface area contributed by atoms with Crippen LogP contribution in [-0.2, 0) is 19.1 Å². The first-order valence-electron chi connectivity index (χ1n) is 10.2. The zero-order valence-electron chi connectivity index (χ0n) is 18.9. The number of carbonyl (C=O) groups is 2. The number of rotatable bonds is 5. The number of aromatic nitrogens is 3. The molecule has 0 aliphatic carbocycles. The Bertz CT molecular complexity index is 1120. The number of ether oxygens (including phenoxy) is 2. The summed E-state index contributed by atoms with van der Waals surface area (Å²) in [5.74, 6) is -1.55. The van der Waals surface area contributed by atoms with Crippen molar-refractivity contribution in [3.8, 4) is 5.69 Å². The van der Waals surface area contributed by atoms with E-state index in [9.17, 15) is 28.3 Å². The molecule has 0 bridgehead atoms. The summed E-state index contributed by atoms with van der Waals surface area (Å²) >= 11 is 0. The zero-order chi connectivity index (χ0) is 24.7. The molecular weight excluding hydrogens is 442 g/mol. The molecule has 0 aromatic carbocycles. The number of carbonyl (C=O) groups excluding carboxylic acids is 2. The van der Waals surface area contributed by atoms with Crippen molar-refractivity contribution in [2.24, 2.45) is 0 Å². The number of morpholine rings is 1. The lowest BCUT2D eigenvalue weighted by molar-refractivity contribution is -0.194. The molecule has 1 aliphatic heterocycles. The van der Waals surface area contributed by atoms with Gasteiger partial charge in [-0.3, -0.25) is 19.1 Å². The van der Waals surface area contributed by atoms with E-state index in [0.29, 0.717) is 5.69 Å². The first-order chi connectivity index (χ1) is 15.2. The monoisotopic (exact) mass is 468 g/mol. The van der Waals surface area contributed by atoms with Gasteiger partial charge in [-0.25, -0.2) is 9.48 Å². The Hall–Kier alpha value is -3.12. The second-order valence-electron chi connectivity index (χ2n) is 8.86. The maximum Gasteiger partial charge on any atom is 0.341 e. The number of alkyl halides is 2. The molecule has 12 heteroatoms. The van der Waals surface area contributed by atoms with Gasteiger partial charge < -0.3 is 14.6 Å². The van der Waals surface area contributed by atoms with Gasteiger partial charge in [0.15, 0.2) is 17.5 Å². The number of halogens is 2. The van der Waals surface area contributed by atoms with E-state index < -0.39 is 41.3 Å². The van der Waals surface area contributed by atoms with Crippen LogP contribution in [0.5, 0.6) is 0 Å². The summed E-state index contributed by atoms with van der Waals surface area (Å²) in [4.78, 5) is 38.5. The molecule has 1 unspecified atom stereocenters. The highest BCUT2D eigenvalue weighted by Gasteiger charge is 2.50. The second-order valence-corrected chi connectivity index (χ2v) is 8.86. The number of pyridine rings is 1. The largest absolute Gasteiger partial charge is 0.458 e. The minimum Gasteiger partial charge on any atom is -0.458 e. The molecule has 33 heavy (non-hydrogen) atoms. The molecule has 0 saturated carbocycles. The van der Waals surface area contributed by atoms with Crippen LogP contribution in [0, 0.1) is 6.92 Å². The Morgan fingerprint density at radius 3 is 2.55 bits per heavy atom. The Kier molecular flexibility index (Phi) is 6.44. The summed E-state index contributed by atoms with van der Waals surface area (Å²) < 4.78 is 38.4. The number of amides is 1. The quantitative estimate of drug-likeness (QED) is 0.662. The van der Waals surface area contributed by atoms with Crippen LogP contribution in [0.3, 0.4) is 0 Å². The predicted molar refractivity (Wildman–Crippen MR) is 112 cm³/mol. The van der Waals surface area contributed by atoms with Gasteiger partial charge >= 0.3 is 12.5 Å². The van der Waals surface area contributed by atoms with E-state index in [0.717, 1.165) is 19.2 Å². The molecule has 0 radical (unpaired) electrons. The number of aliphatic hydroxyl groups is 1. The van der Waals surface area contributed by atoms with Gasteiger partial charge in [-0.15, -0.1) is 5.10 Å². The zero-order valence-corrected chi connectivity index (χ0v) is 18.9. The van der Waals surface area contributed by atoms with Gasteiger partial charge in [0, 0.05) is 24.0 Å². The van der Waals surface area contributed by atoms with Crippen molar-refractivity contribution in [2.75, 3.05) is 18.1 Å². The number of esters is 1. The Labute approximate surface area is 188 Å². The van der Waals surface area contributed by atoms with Crippen molar-refractivity contribution in [2.45, 2.75) is 58.5 Å². The van der Waals surface area contributed by atoms with Gasteiger partial charge in [0.2, 0.25) is 0 Å². The average molecular weight is 468 g/mol. The molecule has 1 aliphatic rings. The number of hydrogen-bond acceptors (Lipinski definition) is 7. The minimum atomic E-state index is -3.02. The molecule has 10 nitrogen and oxygen atoms in total. The summed E-state index contributed by atoms with van der Waals surface area (Å²) in [5.41, 5.74) is -3.32. The lowest BCUT2D eigenvalue weighted by atomic mass is 9.96. The molecule has 1 fully saturated rings. The van der Waals surface area contributed by atoms with Crippen molar-refractivity contribution in [1.29, 1.82) is 0 Å². The van der Waals surface area contributed by atoms with Crippen molar-refractivity contribution in [3.05, 3.63) is 40.4 Å². The molecule has 2 aromatic rings. The fourth-order valence-corrected chi connectivity index (χ4v) is 3.32. The number of anilines is 1. The smallest absolute Gasteiger partial charge is 0.341 e. The minimum absolute atomic E-state index is 0.0114. The Morgan fingerprint density at radius 1 is 1.27 bits per heavy atom. The highest BCUT2D eigenvalue weighted by atomic mass is 19.3. The molecule has 3 heterocycles. The van der Waals surface area contributed by atoms with Crippen molar-refractivity contribution in [1.82, 2.24) is 14.3 Å². The first kappa shape index (κ1) is 24.5. The van der Waals surface area contributed by atoms with Crippen LogP contribution >= 0.6 is 0 Å². The Balaban J connectivity index is 1.91. The van der Waals surface area contributed by atoms with E-state index in [4.69, 9.17) is 9.47 Å². The highest BCUT2D eigenvalue weighted by molar-refractivity contribution is 6.01. The van der Waals surface area contributed by atoms with E-state index in [1.54, 1.807) is 33.8 Å². The first-order valence-corrected chi connectivity index (χ1v) is 10.2. The molecule has 2 aromatic heterocycles. The SMILES string of the molecule is Cc1cc(N2CCO[C@H](C(C)(O)C(=O)OC(C)(C)C)C2=O)nn1-c1ccc(=O)n(C(F)F)c1. The number of nitrogens with zero attached hydrogens (tertiary/aromatic N) is 4. The van der Waals surface area contributed by atoms with Crippen molar-refractivity contribution < 1.29 is 33.0 Å². The Morgan fingerprint density at radius 2 is 1.94 bits per heavy atom. The van der Waals surface area contributed by atoms with Gasteiger partial charge in [0.25, 0.3) is 11.5 Å². The molecular formula is C21H26F2N4O6. The van der Waals surface area contributed by atoms with E-state index in [1.807, 2.05) is 0 Å². The predicted octanol–water partition coefficient (Wildman–Crippen LogP) is 1.56. The summed E-state index contributed by atoms with van der Waals surface area (Å²) in [5, 5.41) is 15.1. The van der Waals surface area contributed by atoms with Gasteiger partial charge in [0.1, 0.15) is 5.60 Å². The van der Waals surface area contributed by atoms with Crippen molar-refractivity contribution in [3.63, 3.8) is 0 Å². The molecule has 1 amide bonds. The number of hydrogen-bond donors (Lipinski definition) is 1. The topological polar surface area (TPSA) is 116 Å². The van der Waals surface area contributed by atoms with Gasteiger partial charge in [-0.1, -0.05) is 0 Å². The lowest BCUT2D eigenvalue weighted by Crippen LogP contribution is -2.61. The average Bonchev–Trinajstić information content (AvgIpc) is 3.08. The number of aryl methyl sites for hydroxylation is 1. The van der Waals surface area contributed by atoms with Crippen LogP contribution in [0.4, 0.5) is 14.6 Å². The van der Waals surface area contributed by atoms with Gasteiger partial charge in [0.05, 0.1) is 18.8 Å². The lowest BCUT2D eigenvalue weighted by Gasteiger charge is -2.38. The fraction of sp³-hybridized carbons (Fsp3) is 0.524. The second kappa shape index (κ2) is 8.67. The molecule has 1 N–H and O–H groups in total. The van der Waals surface area contributed by atoms with Crippen LogP contribution in [0.25, 0.3) is 5.69 Å². The van der Waals surface area contributed by atoms with Crippen LogP contribution < -0.4 is 10.5 Å². The third kappa shape index (κ3) is 4.96.